The number of aromatic nitrogens is 2. The van der Waals surface area contributed by atoms with Crippen LogP contribution in [0.4, 0.5) is 5.13 Å². The molecule has 8 nitrogen and oxygen atoms in total. The maximum Gasteiger partial charge on any atom is 0.251 e. The summed E-state index contributed by atoms with van der Waals surface area (Å²) in [5, 5.41) is 16.3. The molecule has 1 aromatic heterocycles. The lowest BCUT2D eigenvalue weighted by Gasteiger charge is -2.04. The van der Waals surface area contributed by atoms with Crippen molar-refractivity contribution in [2.24, 2.45) is 5.14 Å². The van der Waals surface area contributed by atoms with Gasteiger partial charge in [0.05, 0.1) is 4.90 Å². The second kappa shape index (κ2) is 6.16. The van der Waals surface area contributed by atoms with Crippen molar-refractivity contribution in [1.29, 1.82) is 0 Å². The summed E-state index contributed by atoms with van der Waals surface area (Å²) in [6.07, 6.45) is 0.524. The van der Waals surface area contributed by atoms with Crippen molar-refractivity contribution in [3.05, 3.63) is 34.8 Å². The monoisotopic (exact) mass is 327 g/mol. The van der Waals surface area contributed by atoms with Crippen LogP contribution in [0.15, 0.2) is 29.2 Å². The maximum absolute atomic E-state index is 11.9. The first-order valence-corrected chi connectivity index (χ1v) is 8.21. The van der Waals surface area contributed by atoms with Crippen LogP contribution in [-0.2, 0) is 16.4 Å². The minimum atomic E-state index is -3.75. The zero-order valence-electron chi connectivity index (χ0n) is 10.8. The third-order valence-electron chi connectivity index (χ3n) is 2.55. The van der Waals surface area contributed by atoms with Gasteiger partial charge in [0.1, 0.15) is 5.01 Å². The largest absolute Gasteiger partial charge is 0.374 e. The van der Waals surface area contributed by atoms with E-state index in [0.717, 1.165) is 5.01 Å². The van der Waals surface area contributed by atoms with E-state index >= 15 is 0 Å². The van der Waals surface area contributed by atoms with Crippen LogP contribution in [0, 0.1) is 0 Å². The topological polar surface area (TPSA) is 141 Å². The zero-order valence-corrected chi connectivity index (χ0v) is 12.4. The fourth-order valence-corrected chi connectivity index (χ4v) is 2.67. The summed E-state index contributed by atoms with van der Waals surface area (Å²) in [7, 11) is -3.75. The van der Waals surface area contributed by atoms with E-state index in [1.165, 1.54) is 35.6 Å². The molecule has 21 heavy (non-hydrogen) atoms. The Bertz CT molecular complexity index is 739. The summed E-state index contributed by atoms with van der Waals surface area (Å²) in [6, 6.07) is 5.38. The normalized spacial score (nSPS) is 11.3. The van der Waals surface area contributed by atoms with Gasteiger partial charge in [0.15, 0.2) is 0 Å². The Morgan fingerprint density at radius 1 is 1.24 bits per heavy atom. The fraction of sp³-hybridized carbons (Fsp3) is 0.182. The number of carbonyl (C=O) groups is 1. The van der Waals surface area contributed by atoms with Gasteiger partial charge in [0.2, 0.25) is 15.2 Å². The molecule has 0 saturated carbocycles. The van der Waals surface area contributed by atoms with Crippen LogP contribution in [0.1, 0.15) is 15.4 Å². The van der Waals surface area contributed by atoms with Gasteiger partial charge in [-0.15, -0.1) is 10.2 Å². The number of sulfonamides is 1. The highest BCUT2D eigenvalue weighted by Gasteiger charge is 2.10. The van der Waals surface area contributed by atoms with Crippen molar-refractivity contribution < 1.29 is 13.2 Å². The van der Waals surface area contributed by atoms with Gasteiger partial charge in [0.25, 0.3) is 5.91 Å². The molecule has 5 N–H and O–H groups in total. The molecule has 0 unspecified atom stereocenters. The van der Waals surface area contributed by atoms with Crippen molar-refractivity contribution in [2.45, 2.75) is 11.3 Å². The third-order valence-corrected chi connectivity index (χ3v) is 4.29. The predicted molar refractivity (Wildman–Crippen MR) is 78.2 cm³/mol. The predicted octanol–water partition coefficient (Wildman–Crippen LogP) is -0.260. The Hall–Kier alpha value is -2.04. The lowest BCUT2D eigenvalue weighted by Crippen LogP contribution is -2.25. The number of nitrogen functional groups attached to an aromatic ring is 1. The number of hydrogen-bond donors (Lipinski definition) is 3. The van der Waals surface area contributed by atoms with Gasteiger partial charge in [-0.05, 0) is 24.3 Å². The minimum absolute atomic E-state index is 0.0385. The molecular weight excluding hydrogens is 314 g/mol. The van der Waals surface area contributed by atoms with Crippen molar-refractivity contribution in [3.8, 4) is 0 Å². The average Bonchev–Trinajstić information content (AvgIpc) is 2.83. The standard InChI is InChI=1S/C11H13N5O3S2/c12-11-16-15-9(20-11)5-6-14-10(17)7-1-3-8(4-2-7)21(13,18)19/h1-4H,5-6H2,(H2,12,16)(H,14,17)(H2,13,18,19). The highest BCUT2D eigenvalue weighted by Crippen LogP contribution is 2.11. The number of anilines is 1. The van der Waals surface area contributed by atoms with Gasteiger partial charge >= 0.3 is 0 Å². The van der Waals surface area contributed by atoms with E-state index in [2.05, 4.69) is 15.5 Å². The molecule has 0 aliphatic rings. The second-order valence-corrected chi connectivity index (χ2v) is 6.76. The summed E-state index contributed by atoms with van der Waals surface area (Å²) in [6.45, 7) is 0.379. The van der Waals surface area contributed by atoms with E-state index in [9.17, 15) is 13.2 Å². The Morgan fingerprint density at radius 3 is 2.43 bits per heavy atom. The number of benzene rings is 1. The van der Waals surface area contributed by atoms with Crippen LogP contribution >= 0.6 is 11.3 Å². The van der Waals surface area contributed by atoms with E-state index in [1.807, 2.05) is 0 Å². The lowest BCUT2D eigenvalue weighted by molar-refractivity contribution is 0.0954. The quantitative estimate of drug-likeness (QED) is 0.691. The molecule has 0 fully saturated rings. The Balaban J connectivity index is 1.91. The van der Waals surface area contributed by atoms with Gasteiger partial charge in [-0.3, -0.25) is 4.79 Å². The number of carbonyl (C=O) groups excluding carboxylic acids is 1. The smallest absolute Gasteiger partial charge is 0.251 e. The maximum atomic E-state index is 11.9. The number of hydrogen-bond acceptors (Lipinski definition) is 7. The molecule has 0 aliphatic heterocycles. The van der Waals surface area contributed by atoms with E-state index in [-0.39, 0.29) is 10.8 Å². The van der Waals surface area contributed by atoms with E-state index in [1.54, 1.807) is 0 Å². The molecule has 112 valence electrons. The molecule has 2 aromatic rings. The molecule has 10 heteroatoms. The molecule has 0 aliphatic carbocycles. The Labute approximate surface area is 125 Å². The van der Waals surface area contributed by atoms with Crippen LogP contribution in [0.25, 0.3) is 0 Å². The molecule has 1 aromatic carbocycles. The molecule has 0 radical (unpaired) electrons. The first kappa shape index (κ1) is 15.4. The summed E-state index contributed by atoms with van der Waals surface area (Å²) in [4.78, 5) is 11.8. The van der Waals surface area contributed by atoms with Gasteiger partial charge in [-0.1, -0.05) is 11.3 Å². The summed E-state index contributed by atoms with van der Waals surface area (Å²) < 4.78 is 22.2. The number of rotatable bonds is 5. The lowest BCUT2D eigenvalue weighted by atomic mass is 10.2. The number of primary sulfonamides is 1. The first-order chi connectivity index (χ1) is 9.86. The van der Waals surface area contributed by atoms with Crippen LogP contribution in [0.3, 0.4) is 0 Å². The molecule has 1 amide bonds. The summed E-state index contributed by atoms with van der Waals surface area (Å²) in [5.74, 6) is -0.312. The summed E-state index contributed by atoms with van der Waals surface area (Å²) in [5.41, 5.74) is 5.80. The van der Waals surface area contributed by atoms with E-state index in [0.29, 0.717) is 23.7 Å². The highest BCUT2D eigenvalue weighted by atomic mass is 32.2. The molecule has 1 heterocycles. The summed E-state index contributed by atoms with van der Waals surface area (Å²) >= 11 is 1.26. The van der Waals surface area contributed by atoms with Gasteiger partial charge in [-0.2, -0.15) is 0 Å². The zero-order chi connectivity index (χ0) is 15.5. The minimum Gasteiger partial charge on any atom is -0.374 e. The molecule has 0 saturated heterocycles. The average molecular weight is 327 g/mol. The Morgan fingerprint density at radius 2 is 1.90 bits per heavy atom. The van der Waals surface area contributed by atoms with E-state index in [4.69, 9.17) is 10.9 Å². The highest BCUT2D eigenvalue weighted by molar-refractivity contribution is 7.89. The van der Waals surface area contributed by atoms with Gasteiger partial charge in [0, 0.05) is 18.5 Å². The number of nitrogens with two attached hydrogens (primary N) is 2. The van der Waals surface area contributed by atoms with Gasteiger partial charge in [-0.25, -0.2) is 13.6 Å². The Kier molecular flexibility index (Phi) is 4.50. The van der Waals surface area contributed by atoms with Crippen LogP contribution < -0.4 is 16.2 Å². The number of amides is 1. The van der Waals surface area contributed by atoms with Crippen LogP contribution in [0.2, 0.25) is 0 Å². The fourth-order valence-electron chi connectivity index (χ4n) is 1.55. The molecule has 2 rings (SSSR count). The molecule has 0 atom stereocenters. The van der Waals surface area contributed by atoms with Crippen molar-refractivity contribution in [1.82, 2.24) is 15.5 Å². The molecular formula is C11H13N5O3S2. The van der Waals surface area contributed by atoms with Crippen molar-refractivity contribution >= 4 is 32.4 Å². The van der Waals surface area contributed by atoms with Crippen molar-refractivity contribution in [2.75, 3.05) is 12.3 Å². The number of nitrogens with zero attached hydrogens (tertiary/aromatic N) is 2. The van der Waals surface area contributed by atoms with Crippen LogP contribution in [-0.4, -0.2) is 31.1 Å². The molecule has 0 spiro atoms. The second-order valence-electron chi connectivity index (χ2n) is 4.11. The number of nitrogens with one attached hydrogen (secondary N) is 1. The van der Waals surface area contributed by atoms with Gasteiger partial charge < -0.3 is 11.1 Å². The first-order valence-electron chi connectivity index (χ1n) is 5.85. The van der Waals surface area contributed by atoms with Crippen LogP contribution in [0.5, 0.6) is 0 Å². The third kappa shape index (κ3) is 4.21. The van der Waals surface area contributed by atoms with E-state index < -0.39 is 10.0 Å². The van der Waals surface area contributed by atoms with Crippen molar-refractivity contribution in [3.63, 3.8) is 0 Å². The molecule has 0 bridgehead atoms. The SMILES string of the molecule is Nc1nnc(CCNC(=O)c2ccc(S(N)(=O)=O)cc2)s1.